The molecule has 0 aliphatic heterocycles. The molecule has 0 aromatic heterocycles. The molecule has 0 saturated heterocycles. The highest BCUT2D eigenvalue weighted by atomic mass is 16.6. The van der Waals surface area contributed by atoms with Crippen molar-refractivity contribution in [1.82, 2.24) is 0 Å². The number of hydrogen-bond acceptors (Lipinski definition) is 3. The fourth-order valence-corrected chi connectivity index (χ4v) is 2.35. The van der Waals surface area contributed by atoms with E-state index in [1.54, 1.807) is 6.92 Å². The first kappa shape index (κ1) is 11.6. The average Bonchev–Trinajstić information content (AvgIpc) is 2.27. The Bertz CT molecular complexity index is 468. The van der Waals surface area contributed by atoms with E-state index in [1.807, 2.05) is 18.2 Å². The molecule has 17 heavy (non-hydrogen) atoms. The Morgan fingerprint density at radius 1 is 1.41 bits per heavy atom. The van der Waals surface area contributed by atoms with Crippen molar-refractivity contribution in [3.63, 3.8) is 0 Å². The Morgan fingerprint density at radius 2 is 2.18 bits per heavy atom. The van der Waals surface area contributed by atoms with Crippen molar-refractivity contribution in [2.45, 2.75) is 32.3 Å². The number of carbonyl (C=O) groups is 2. The summed E-state index contributed by atoms with van der Waals surface area (Å²) < 4.78 is 5.01. The summed E-state index contributed by atoms with van der Waals surface area (Å²) in [4.78, 5) is 22.2. The van der Waals surface area contributed by atoms with E-state index in [0.717, 1.165) is 24.0 Å². The van der Waals surface area contributed by atoms with Crippen LogP contribution in [0.4, 0.5) is 4.79 Å². The van der Waals surface area contributed by atoms with Gasteiger partial charge >= 0.3 is 6.09 Å². The second-order valence-corrected chi connectivity index (χ2v) is 4.30. The first-order valence-corrected chi connectivity index (χ1v) is 5.65. The highest BCUT2D eigenvalue weighted by Gasteiger charge is 2.24. The molecule has 2 rings (SSSR count). The van der Waals surface area contributed by atoms with Gasteiger partial charge in [-0.15, -0.1) is 0 Å². The molecule has 90 valence electrons. The third-order valence-corrected chi connectivity index (χ3v) is 3.10. The normalized spacial score (nSPS) is 18.3. The maximum Gasteiger partial charge on any atom is 0.404 e. The zero-order valence-corrected chi connectivity index (χ0v) is 9.73. The van der Waals surface area contributed by atoms with Crippen LogP contribution in [0.15, 0.2) is 18.2 Å². The van der Waals surface area contributed by atoms with E-state index >= 15 is 0 Å². The number of hydrogen-bond donors (Lipinski definition) is 1. The van der Waals surface area contributed by atoms with Crippen molar-refractivity contribution in [3.8, 4) is 0 Å². The molecule has 0 radical (unpaired) electrons. The molecule has 1 aliphatic rings. The number of Topliss-reactive ketones (excluding diaryl/α,β-unsaturated/α-hetero) is 1. The number of nitrogens with two attached hydrogens (primary N) is 1. The molecule has 1 aromatic carbocycles. The molecule has 1 amide bonds. The third-order valence-electron chi connectivity index (χ3n) is 3.10. The summed E-state index contributed by atoms with van der Waals surface area (Å²) in [5.41, 5.74) is 7.90. The lowest BCUT2D eigenvalue weighted by atomic mass is 9.85. The van der Waals surface area contributed by atoms with Crippen LogP contribution in [-0.2, 0) is 17.6 Å². The smallest absolute Gasteiger partial charge is 0.404 e. The summed E-state index contributed by atoms with van der Waals surface area (Å²) in [6, 6.07) is 5.72. The number of benzene rings is 1. The number of fused-ring (bicyclic) bond motifs is 1. The van der Waals surface area contributed by atoms with Crippen LogP contribution in [0, 0.1) is 0 Å². The highest BCUT2D eigenvalue weighted by molar-refractivity contribution is 5.96. The van der Waals surface area contributed by atoms with Crippen molar-refractivity contribution in [3.05, 3.63) is 34.9 Å². The van der Waals surface area contributed by atoms with E-state index in [0.29, 0.717) is 6.42 Å². The Labute approximate surface area is 99.8 Å². The monoisotopic (exact) mass is 233 g/mol. The van der Waals surface area contributed by atoms with E-state index in [4.69, 9.17) is 10.5 Å². The van der Waals surface area contributed by atoms with Crippen molar-refractivity contribution < 1.29 is 14.3 Å². The number of aryl methyl sites for hydroxylation is 1. The molecule has 0 heterocycles. The quantitative estimate of drug-likeness (QED) is 0.792. The molecule has 0 fully saturated rings. The molecule has 1 atom stereocenters. The zero-order chi connectivity index (χ0) is 12.4. The Kier molecular flexibility index (Phi) is 3.13. The fraction of sp³-hybridized carbons (Fsp3) is 0.385. The minimum Gasteiger partial charge on any atom is -0.446 e. The third kappa shape index (κ3) is 2.46. The minimum absolute atomic E-state index is 0.0431. The lowest BCUT2D eigenvalue weighted by molar-refractivity contribution is 0.0967. The van der Waals surface area contributed by atoms with Crippen LogP contribution in [0.2, 0.25) is 0 Å². The van der Waals surface area contributed by atoms with Gasteiger partial charge in [-0.1, -0.05) is 18.2 Å². The summed E-state index contributed by atoms with van der Waals surface area (Å²) >= 11 is 0. The number of amides is 1. The molecule has 1 aliphatic carbocycles. The number of carbonyl (C=O) groups excluding carboxylic acids is 2. The molecule has 0 spiro atoms. The number of primary amides is 1. The molecule has 0 bridgehead atoms. The van der Waals surface area contributed by atoms with Gasteiger partial charge in [-0.2, -0.15) is 0 Å². The second-order valence-electron chi connectivity index (χ2n) is 4.30. The van der Waals surface area contributed by atoms with Crippen LogP contribution >= 0.6 is 0 Å². The van der Waals surface area contributed by atoms with Gasteiger partial charge < -0.3 is 10.5 Å². The molecule has 0 saturated carbocycles. The number of rotatable bonds is 2. The predicted octanol–water partition coefficient (Wildman–Crippen LogP) is 1.84. The number of ether oxygens (including phenoxy) is 1. The highest BCUT2D eigenvalue weighted by Crippen LogP contribution is 2.26. The van der Waals surface area contributed by atoms with E-state index in [2.05, 4.69) is 0 Å². The summed E-state index contributed by atoms with van der Waals surface area (Å²) in [7, 11) is 0. The summed E-state index contributed by atoms with van der Waals surface area (Å²) in [5, 5.41) is 0. The van der Waals surface area contributed by atoms with Crippen LogP contribution in [0.5, 0.6) is 0 Å². The van der Waals surface area contributed by atoms with Gasteiger partial charge in [0.1, 0.15) is 6.10 Å². The molecule has 1 aromatic rings. The lowest BCUT2D eigenvalue weighted by Gasteiger charge is -2.25. The summed E-state index contributed by atoms with van der Waals surface area (Å²) in [6.07, 6.45) is 1.19. The first-order valence-electron chi connectivity index (χ1n) is 5.65. The fourth-order valence-electron chi connectivity index (χ4n) is 2.35. The van der Waals surface area contributed by atoms with Gasteiger partial charge in [-0.25, -0.2) is 4.79 Å². The molecule has 2 N–H and O–H groups in total. The molecular weight excluding hydrogens is 218 g/mol. The molecular formula is C13H15NO3. The van der Waals surface area contributed by atoms with E-state index in [-0.39, 0.29) is 11.9 Å². The van der Waals surface area contributed by atoms with E-state index < -0.39 is 6.09 Å². The number of ketones is 1. The maximum absolute atomic E-state index is 11.5. The SMILES string of the molecule is CC(=O)c1cccc2c1CC(OC(N)=O)CC2. The van der Waals surface area contributed by atoms with E-state index in [1.165, 1.54) is 5.56 Å². The first-order chi connectivity index (χ1) is 8.08. The zero-order valence-electron chi connectivity index (χ0n) is 9.73. The Balaban J connectivity index is 2.28. The molecule has 4 nitrogen and oxygen atoms in total. The van der Waals surface area contributed by atoms with Crippen LogP contribution in [0.1, 0.15) is 34.8 Å². The van der Waals surface area contributed by atoms with Crippen molar-refractivity contribution in [1.29, 1.82) is 0 Å². The van der Waals surface area contributed by atoms with Gasteiger partial charge in [0, 0.05) is 12.0 Å². The topological polar surface area (TPSA) is 69.4 Å². The second kappa shape index (κ2) is 4.57. The minimum atomic E-state index is -0.751. The van der Waals surface area contributed by atoms with Crippen molar-refractivity contribution in [2.24, 2.45) is 5.73 Å². The summed E-state index contributed by atoms with van der Waals surface area (Å²) in [6.45, 7) is 1.55. The standard InChI is InChI=1S/C13H15NO3/c1-8(15)11-4-2-3-9-5-6-10(7-12(9)11)17-13(14)16/h2-4,10H,5-7H2,1H3,(H2,14,16). The van der Waals surface area contributed by atoms with Gasteiger partial charge in [0.25, 0.3) is 0 Å². The molecule has 4 heteroatoms. The van der Waals surface area contributed by atoms with Gasteiger partial charge in [-0.3, -0.25) is 4.79 Å². The van der Waals surface area contributed by atoms with Gasteiger partial charge in [0.05, 0.1) is 0 Å². The van der Waals surface area contributed by atoms with E-state index in [9.17, 15) is 9.59 Å². The van der Waals surface area contributed by atoms with Gasteiger partial charge in [-0.05, 0) is 30.9 Å². The average molecular weight is 233 g/mol. The van der Waals surface area contributed by atoms with Gasteiger partial charge in [0.15, 0.2) is 5.78 Å². The van der Waals surface area contributed by atoms with Crippen LogP contribution in [0.25, 0.3) is 0 Å². The largest absolute Gasteiger partial charge is 0.446 e. The van der Waals surface area contributed by atoms with Crippen LogP contribution < -0.4 is 5.73 Å². The van der Waals surface area contributed by atoms with Crippen LogP contribution in [0.3, 0.4) is 0 Å². The molecule has 1 unspecified atom stereocenters. The lowest BCUT2D eigenvalue weighted by Crippen LogP contribution is -2.29. The Hall–Kier alpha value is -1.84. The predicted molar refractivity (Wildman–Crippen MR) is 62.9 cm³/mol. The van der Waals surface area contributed by atoms with Crippen molar-refractivity contribution >= 4 is 11.9 Å². The van der Waals surface area contributed by atoms with Crippen LogP contribution in [-0.4, -0.2) is 18.0 Å². The van der Waals surface area contributed by atoms with Crippen molar-refractivity contribution in [2.75, 3.05) is 0 Å². The summed E-state index contributed by atoms with van der Waals surface area (Å²) in [5.74, 6) is 0.0431. The van der Waals surface area contributed by atoms with Gasteiger partial charge in [0.2, 0.25) is 0 Å². The Morgan fingerprint density at radius 3 is 2.82 bits per heavy atom. The maximum atomic E-state index is 11.5.